The predicted octanol–water partition coefficient (Wildman–Crippen LogP) is 3.34. The van der Waals surface area contributed by atoms with Crippen molar-refractivity contribution in [3.63, 3.8) is 0 Å². The summed E-state index contributed by atoms with van der Waals surface area (Å²) in [5, 5.41) is 9.67. The molecule has 1 saturated heterocycles. The normalized spacial score (nSPS) is 16.2. The van der Waals surface area contributed by atoms with Gasteiger partial charge >= 0.3 is 5.97 Å². The van der Waals surface area contributed by atoms with Crippen molar-refractivity contribution >= 4 is 39.4 Å². The fourth-order valence-corrected chi connectivity index (χ4v) is 4.67. The Bertz CT molecular complexity index is 995. The first-order chi connectivity index (χ1) is 13.3. The van der Waals surface area contributed by atoms with E-state index in [9.17, 15) is 13.2 Å². The lowest BCUT2D eigenvalue weighted by molar-refractivity contribution is -0.132. The van der Waals surface area contributed by atoms with Crippen molar-refractivity contribution in [2.75, 3.05) is 31.1 Å². The van der Waals surface area contributed by atoms with Gasteiger partial charge in [-0.1, -0.05) is 23.7 Å². The predicted molar refractivity (Wildman–Crippen MR) is 110 cm³/mol. The molecule has 0 amide bonds. The molecule has 1 aliphatic rings. The number of benzene rings is 2. The molecule has 1 fully saturated rings. The zero-order valence-electron chi connectivity index (χ0n) is 15.4. The Morgan fingerprint density at radius 2 is 1.71 bits per heavy atom. The first kappa shape index (κ1) is 20.4. The number of sulfonamides is 1. The fraction of sp³-hybridized carbons (Fsp3) is 0.250. The maximum atomic E-state index is 13.0. The number of aliphatic carboxylic acids is 1. The molecule has 0 bridgehead atoms. The summed E-state index contributed by atoms with van der Waals surface area (Å²) < 4.78 is 27.5. The van der Waals surface area contributed by atoms with E-state index < -0.39 is 16.0 Å². The van der Waals surface area contributed by atoms with Gasteiger partial charge in [0.05, 0.1) is 4.90 Å². The highest BCUT2D eigenvalue weighted by atomic mass is 35.5. The van der Waals surface area contributed by atoms with Gasteiger partial charge < -0.3 is 10.0 Å². The standard InChI is InChI=1S/C20H21ClN2O4S/c1-15(20(24)25)13-16-3-2-4-19(14-16)28(26,27)23-11-9-22(10-12-23)18-7-5-17(21)6-8-18/h2-8,13-14H,9-12H2,1H3,(H,24,25). The number of carboxylic acids is 1. The number of hydrogen-bond acceptors (Lipinski definition) is 4. The van der Waals surface area contributed by atoms with Crippen LogP contribution in [0, 0.1) is 0 Å². The third-order valence-electron chi connectivity index (χ3n) is 4.65. The number of anilines is 1. The van der Waals surface area contributed by atoms with Crippen molar-refractivity contribution in [3.8, 4) is 0 Å². The summed E-state index contributed by atoms with van der Waals surface area (Å²) in [6, 6.07) is 13.8. The van der Waals surface area contributed by atoms with Gasteiger partial charge in [-0.3, -0.25) is 0 Å². The summed E-state index contributed by atoms with van der Waals surface area (Å²) in [7, 11) is -3.64. The molecular formula is C20H21ClN2O4S. The largest absolute Gasteiger partial charge is 0.478 e. The van der Waals surface area contributed by atoms with Crippen LogP contribution in [0.4, 0.5) is 5.69 Å². The summed E-state index contributed by atoms with van der Waals surface area (Å²) in [4.78, 5) is 13.3. The molecule has 1 aliphatic heterocycles. The molecule has 3 rings (SSSR count). The smallest absolute Gasteiger partial charge is 0.331 e. The maximum absolute atomic E-state index is 13.0. The fourth-order valence-electron chi connectivity index (χ4n) is 3.06. The molecule has 0 saturated carbocycles. The van der Waals surface area contributed by atoms with Gasteiger partial charge in [0.15, 0.2) is 0 Å². The quantitative estimate of drug-likeness (QED) is 0.750. The van der Waals surface area contributed by atoms with Crippen molar-refractivity contribution in [2.45, 2.75) is 11.8 Å². The molecule has 0 spiro atoms. The van der Waals surface area contributed by atoms with Crippen molar-refractivity contribution in [2.24, 2.45) is 0 Å². The first-order valence-electron chi connectivity index (χ1n) is 8.80. The lowest BCUT2D eigenvalue weighted by atomic mass is 10.1. The monoisotopic (exact) mass is 420 g/mol. The van der Waals surface area contributed by atoms with Crippen LogP contribution in [0.1, 0.15) is 12.5 Å². The summed E-state index contributed by atoms with van der Waals surface area (Å²) >= 11 is 5.92. The third-order valence-corrected chi connectivity index (χ3v) is 6.79. The Labute approximate surface area is 169 Å². The topological polar surface area (TPSA) is 77.9 Å². The zero-order valence-corrected chi connectivity index (χ0v) is 16.9. The number of nitrogens with zero attached hydrogens (tertiary/aromatic N) is 2. The molecule has 1 N–H and O–H groups in total. The number of halogens is 1. The maximum Gasteiger partial charge on any atom is 0.331 e. The van der Waals surface area contributed by atoms with Crippen LogP contribution in [-0.2, 0) is 14.8 Å². The van der Waals surface area contributed by atoms with Gasteiger partial charge in [-0.2, -0.15) is 4.31 Å². The summed E-state index contributed by atoms with van der Waals surface area (Å²) in [6.45, 7) is 3.38. The zero-order chi connectivity index (χ0) is 20.3. The van der Waals surface area contributed by atoms with E-state index in [1.165, 1.54) is 29.4 Å². The van der Waals surface area contributed by atoms with Crippen LogP contribution in [0.25, 0.3) is 6.08 Å². The molecule has 1 heterocycles. The summed E-state index contributed by atoms with van der Waals surface area (Å²) in [6.07, 6.45) is 1.46. The van der Waals surface area contributed by atoms with E-state index in [2.05, 4.69) is 4.90 Å². The molecule has 0 atom stereocenters. The van der Waals surface area contributed by atoms with Crippen LogP contribution in [0.15, 0.2) is 59.0 Å². The van der Waals surface area contributed by atoms with Crippen LogP contribution in [0.5, 0.6) is 0 Å². The minimum absolute atomic E-state index is 0.145. The van der Waals surface area contributed by atoms with Crippen molar-refractivity contribution in [1.29, 1.82) is 0 Å². The van der Waals surface area contributed by atoms with Crippen LogP contribution in [0.3, 0.4) is 0 Å². The second-order valence-corrected chi connectivity index (χ2v) is 8.95. The van der Waals surface area contributed by atoms with Crippen LogP contribution in [-0.4, -0.2) is 50.0 Å². The van der Waals surface area contributed by atoms with Gasteiger partial charge in [-0.15, -0.1) is 0 Å². The van der Waals surface area contributed by atoms with Gasteiger partial charge in [0.25, 0.3) is 0 Å². The van der Waals surface area contributed by atoms with Gasteiger partial charge in [0.2, 0.25) is 10.0 Å². The summed E-state index contributed by atoms with van der Waals surface area (Å²) in [5.41, 5.74) is 1.70. The van der Waals surface area contributed by atoms with E-state index in [-0.39, 0.29) is 10.5 Å². The Kier molecular flexibility index (Phi) is 6.07. The highest BCUT2D eigenvalue weighted by Gasteiger charge is 2.28. The lowest BCUT2D eigenvalue weighted by Crippen LogP contribution is -2.48. The van der Waals surface area contributed by atoms with Crippen LogP contribution in [0.2, 0.25) is 5.02 Å². The van der Waals surface area contributed by atoms with Crippen LogP contribution >= 0.6 is 11.6 Å². The molecule has 0 unspecified atom stereocenters. The third kappa shape index (κ3) is 4.55. The molecule has 2 aromatic carbocycles. The molecular weight excluding hydrogens is 400 g/mol. The van der Waals surface area contributed by atoms with E-state index in [1.54, 1.807) is 12.1 Å². The summed E-state index contributed by atoms with van der Waals surface area (Å²) in [5.74, 6) is -1.04. The van der Waals surface area contributed by atoms with E-state index in [4.69, 9.17) is 16.7 Å². The average molecular weight is 421 g/mol. The molecule has 0 radical (unpaired) electrons. The lowest BCUT2D eigenvalue weighted by Gasteiger charge is -2.35. The highest BCUT2D eigenvalue weighted by Crippen LogP contribution is 2.23. The van der Waals surface area contributed by atoms with Gasteiger partial charge in [0.1, 0.15) is 0 Å². The minimum atomic E-state index is -3.64. The molecule has 8 heteroatoms. The second kappa shape index (κ2) is 8.34. The van der Waals surface area contributed by atoms with Crippen molar-refractivity contribution < 1.29 is 18.3 Å². The molecule has 6 nitrogen and oxygen atoms in total. The Morgan fingerprint density at radius 1 is 1.07 bits per heavy atom. The minimum Gasteiger partial charge on any atom is -0.478 e. The van der Waals surface area contributed by atoms with Gasteiger partial charge in [-0.25, -0.2) is 13.2 Å². The SMILES string of the molecule is CC(=Cc1cccc(S(=O)(=O)N2CCN(c3ccc(Cl)cc3)CC2)c1)C(=O)O. The van der Waals surface area contributed by atoms with Gasteiger partial charge in [-0.05, 0) is 55.0 Å². The van der Waals surface area contributed by atoms with E-state index in [0.717, 1.165) is 5.69 Å². The molecule has 0 aliphatic carbocycles. The number of carbonyl (C=O) groups is 1. The molecule has 2 aromatic rings. The van der Waals surface area contributed by atoms with Crippen molar-refractivity contribution in [1.82, 2.24) is 4.31 Å². The van der Waals surface area contributed by atoms with E-state index >= 15 is 0 Å². The van der Waals surface area contributed by atoms with E-state index in [0.29, 0.717) is 36.8 Å². The van der Waals surface area contributed by atoms with Crippen molar-refractivity contribution in [3.05, 3.63) is 64.7 Å². The number of rotatable bonds is 5. The number of piperazine rings is 1. The average Bonchev–Trinajstić information content (AvgIpc) is 2.69. The molecule has 28 heavy (non-hydrogen) atoms. The number of hydrogen-bond donors (Lipinski definition) is 1. The Balaban J connectivity index is 1.74. The molecule has 0 aromatic heterocycles. The van der Waals surface area contributed by atoms with Gasteiger partial charge in [0, 0.05) is 42.5 Å². The van der Waals surface area contributed by atoms with Crippen LogP contribution < -0.4 is 4.90 Å². The second-order valence-electron chi connectivity index (χ2n) is 6.57. The Morgan fingerprint density at radius 3 is 2.32 bits per heavy atom. The number of carboxylic acid groups (broad SMARTS) is 1. The highest BCUT2D eigenvalue weighted by molar-refractivity contribution is 7.89. The van der Waals surface area contributed by atoms with E-state index in [1.807, 2.05) is 24.3 Å². The molecule has 148 valence electrons. The first-order valence-corrected chi connectivity index (χ1v) is 10.6. The Hall–Kier alpha value is -2.35.